The van der Waals surface area contributed by atoms with Gasteiger partial charge in [0.2, 0.25) is 5.78 Å². The molecule has 0 aromatic carbocycles. The predicted molar refractivity (Wildman–Crippen MR) is 79.5 cm³/mol. The van der Waals surface area contributed by atoms with Gasteiger partial charge in [0.15, 0.2) is 0 Å². The summed E-state index contributed by atoms with van der Waals surface area (Å²) in [7, 11) is 0. The van der Waals surface area contributed by atoms with E-state index in [0.717, 1.165) is 11.4 Å². The second-order valence-electron chi connectivity index (χ2n) is 3.65. The van der Waals surface area contributed by atoms with E-state index in [2.05, 4.69) is 15.0 Å². The molecule has 0 N–H and O–H groups in total. The summed E-state index contributed by atoms with van der Waals surface area (Å²) in [5, 5.41) is 0. The number of nitrogens with zero attached hydrogens (tertiary/aromatic N) is 5. The summed E-state index contributed by atoms with van der Waals surface area (Å²) < 4.78 is 3.83. The van der Waals surface area contributed by atoms with Crippen LogP contribution in [-0.2, 0) is 0 Å². The molecule has 0 aliphatic carbocycles. The molecule has 0 aliphatic rings. The highest BCUT2D eigenvalue weighted by atomic mass is 15.1. The van der Waals surface area contributed by atoms with Gasteiger partial charge in [-0.2, -0.15) is 0 Å². The smallest absolute Gasteiger partial charge is 0.233 e. The molecule has 5 heteroatoms. The molecule has 20 heavy (non-hydrogen) atoms. The van der Waals surface area contributed by atoms with Crippen molar-refractivity contribution in [2.24, 2.45) is 0 Å². The Kier molecular flexibility index (Phi) is 4.83. The number of fused-ring (bicyclic) bond motifs is 2. The molecular formula is C15H17N5. The summed E-state index contributed by atoms with van der Waals surface area (Å²) >= 11 is 0. The molecule has 0 amide bonds. The molecule has 0 bridgehead atoms. The minimum Gasteiger partial charge on any atom is -0.307 e. The summed E-state index contributed by atoms with van der Waals surface area (Å²) in [6, 6.07) is 7.80. The highest BCUT2D eigenvalue weighted by Crippen LogP contribution is 1.96. The quantitative estimate of drug-likeness (QED) is 0.492. The van der Waals surface area contributed by atoms with Crippen molar-refractivity contribution >= 4 is 11.4 Å². The number of pyridine rings is 1. The minimum absolute atomic E-state index is 0.748. The van der Waals surface area contributed by atoms with Gasteiger partial charge in [-0.15, -0.1) is 0 Å². The summed E-state index contributed by atoms with van der Waals surface area (Å²) in [5.74, 6) is 0.748. The highest BCUT2D eigenvalue weighted by Gasteiger charge is 1.87. The molecule has 0 aliphatic heterocycles. The highest BCUT2D eigenvalue weighted by molar-refractivity contribution is 5.36. The van der Waals surface area contributed by atoms with Gasteiger partial charge in [0.05, 0.1) is 0 Å². The van der Waals surface area contributed by atoms with Gasteiger partial charge in [0.25, 0.3) is 0 Å². The number of rotatable bonds is 0. The van der Waals surface area contributed by atoms with E-state index < -0.39 is 0 Å². The van der Waals surface area contributed by atoms with Gasteiger partial charge in [-0.1, -0.05) is 19.9 Å². The monoisotopic (exact) mass is 267 g/mol. The van der Waals surface area contributed by atoms with E-state index in [1.807, 2.05) is 71.7 Å². The van der Waals surface area contributed by atoms with Crippen LogP contribution in [0.5, 0.6) is 0 Å². The van der Waals surface area contributed by atoms with Crippen molar-refractivity contribution in [1.82, 2.24) is 23.8 Å². The lowest BCUT2D eigenvalue weighted by molar-refractivity contribution is 1.11. The maximum Gasteiger partial charge on any atom is 0.233 e. The van der Waals surface area contributed by atoms with Gasteiger partial charge < -0.3 is 4.40 Å². The van der Waals surface area contributed by atoms with Crippen LogP contribution in [0.4, 0.5) is 0 Å². The average Bonchev–Trinajstić information content (AvgIpc) is 3.18. The molecule has 0 fully saturated rings. The molecule has 0 saturated heterocycles. The third-order valence-corrected chi connectivity index (χ3v) is 2.47. The van der Waals surface area contributed by atoms with Crippen molar-refractivity contribution in [2.45, 2.75) is 13.8 Å². The molecule has 0 unspecified atom stereocenters. The number of hydrogen-bond donors (Lipinski definition) is 0. The van der Waals surface area contributed by atoms with E-state index in [-0.39, 0.29) is 0 Å². The SMILES string of the molecule is CC.c1ccn2ccnc2c1.c1cnc2nccn2c1. The predicted octanol–water partition coefficient (Wildman–Crippen LogP) is 3.09. The van der Waals surface area contributed by atoms with Crippen molar-refractivity contribution in [3.8, 4) is 0 Å². The molecule has 4 aromatic rings. The first-order valence-electron chi connectivity index (χ1n) is 6.55. The van der Waals surface area contributed by atoms with E-state index in [9.17, 15) is 0 Å². The fourth-order valence-electron chi connectivity index (χ4n) is 1.63. The summed E-state index contributed by atoms with van der Waals surface area (Å²) in [6.07, 6.45) is 12.9. The van der Waals surface area contributed by atoms with E-state index in [1.54, 1.807) is 18.6 Å². The van der Waals surface area contributed by atoms with Crippen LogP contribution in [0, 0.1) is 0 Å². The van der Waals surface area contributed by atoms with Crippen LogP contribution < -0.4 is 0 Å². The lowest BCUT2D eigenvalue weighted by atomic mass is 10.5. The van der Waals surface area contributed by atoms with Crippen LogP contribution in [0.1, 0.15) is 13.8 Å². The minimum atomic E-state index is 0.748. The van der Waals surface area contributed by atoms with Crippen LogP contribution in [0.15, 0.2) is 67.6 Å². The normalized spacial score (nSPS) is 9.50. The first-order chi connectivity index (χ1) is 9.93. The zero-order valence-corrected chi connectivity index (χ0v) is 11.6. The number of aromatic nitrogens is 5. The van der Waals surface area contributed by atoms with Gasteiger partial charge in [0.1, 0.15) is 5.65 Å². The zero-order chi connectivity index (χ0) is 14.2. The van der Waals surface area contributed by atoms with Crippen LogP contribution >= 0.6 is 0 Å². The van der Waals surface area contributed by atoms with Gasteiger partial charge in [-0.05, 0) is 18.2 Å². The molecule has 0 radical (unpaired) electrons. The van der Waals surface area contributed by atoms with Crippen LogP contribution in [0.3, 0.4) is 0 Å². The van der Waals surface area contributed by atoms with E-state index in [0.29, 0.717) is 0 Å². The fourth-order valence-corrected chi connectivity index (χ4v) is 1.63. The largest absolute Gasteiger partial charge is 0.307 e. The maximum absolute atomic E-state index is 4.08. The lowest BCUT2D eigenvalue weighted by Gasteiger charge is -1.86. The molecule has 102 valence electrons. The molecule has 4 rings (SSSR count). The van der Waals surface area contributed by atoms with Crippen LogP contribution in [0.25, 0.3) is 11.4 Å². The molecular weight excluding hydrogens is 250 g/mol. The third-order valence-electron chi connectivity index (χ3n) is 2.47. The van der Waals surface area contributed by atoms with Crippen molar-refractivity contribution in [3.63, 3.8) is 0 Å². The van der Waals surface area contributed by atoms with E-state index in [4.69, 9.17) is 0 Å². The van der Waals surface area contributed by atoms with Crippen molar-refractivity contribution in [1.29, 1.82) is 0 Å². The topological polar surface area (TPSA) is 47.5 Å². The first-order valence-corrected chi connectivity index (χ1v) is 6.55. The molecule has 0 saturated carbocycles. The van der Waals surface area contributed by atoms with Gasteiger partial charge in [-0.3, -0.25) is 4.40 Å². The molecule has 4 heterocycles. The van der Waals surface area contributed by atoms with Gasteiger partial charge >= 0.3 is 0 Å². The van der Waals surface area contributed by atoms with Gasteiger partial charge in [-0.25, -0.2) is 15.0 Å². The Morgan fingerprint density at radius 2 is 1.40 bits per heavy atom. The Hall–Kier alpha value is -2.69. The Morgan fingerprint density at radius 1 is 0.700 bits per heavy atom. The van der Waals surface area contributed by atoms with Crippen molar-refractivity contribution in [3.05, 3.63) is 67.6 Å². The zero-order valence-electron chi connectivity index (χ0n) is 11.6. The van der Waals surface area contributed by atoms with Crippen molar-refractivity contribution in [2.75, 3.05) is 0 Å². The number of hydrogen-bond acceptors (Lipinski definition) is 3. The van der Waals surface area contributed by atoms with E-state index >= 15 is 0 Å². The first kappa shape index (κ1) is 13.7. The maximum atomic E-state index is 4.08. The summed E-state index contributed by atoms with van der Waals surface area (Å²) in [6.45, 7) is 4.00. The van der Waals surface area contributed by atoms with Crippen molar-refractivity contribution < 1.29 is 0 Å². The summed E-state index contributed by atoms with van der Waals surface area (Å²) in [4.78, 5) is 12.0. The Balaban J connectivity index is 0.000000131. The Morgan fingerprint density at radius 3 is 2.20 bits per heavy atom. The second-order valence-corrected chi connectivity index (χ2v) is 3.65. The average molecular weight is 267 g/mol. The Labute approximate surface area is 117 Å². The van der Waals surface area contributed by atoms with E-state index in [1.165, 1.54) is 0 Å². The molecule has 5 nitrogen and oxygen atoms in total. The second kappa shape index (κ2) is 7.04. The number of imidazole rings is 2. The summed E-state index contributed by atoms with van der Waals surface area (Å²) in [5.41, 5.74) is 0.998. The standard InChI is InChI=1S/C7H6N2.C6H5N3.C2H6/c1-2-5-9-6-4-8-7(9)3-1;1-2-7-6-8-3-5-9(6)4-1;1-2/h1-6H;1-5H;1-2H3. The molecule has 0 spiro atoms. The fraction of sp³-hybridized carbons (Fsp3) is 0.133. The molecule has 4 aromatic heterocycles. The Bertz CT molecular complexity index is 630. The van der Waals surface area contributed by atoms with Gasteiger partial charge in [0, 0.05) is 43.4 Å². The lowest BCUT2D eigenvalue weighted by Crippen LogP contribution is -1.82. The molecule has 0 atom stereocenters. The third kappa shape index (κ3) is 3.20. The van der Waals surface area contributed by atoms with Crippen LogP contribution in [0.2, 0.25) is 0 Å². The van der Waals surface area contributed by atoms with Crippen LogP contribution in [-0.4, -0.2) is 23.8 Å².